The van der Waals surface area contributed by atoms with Crippen LogP contribution in [-0.2, 0) is 20.8 Å². The van der Waals surface area contributed by atoms with Crippen molar-refractivity contribution in [2.24, 2.45) is 0 Å². The number of carbonyl (C=O) groups is 3. The van der Waals surface area contributed by atoms with Gasteiger partial charge in [0.05, 0.1) is 6.54 Å². The molecule has 2 N–H and O–H groups in total. The summed E-state index contributed by atoms with van der Waals surface area (Å²) in [6, 6.07) is 18.0. The van der Waals surface area contributed by atoms with Crippen LogP contribution in [0.15, 0.2) is 54.6 Å². The topological polar surface area (TPSA) is 78.5 Å². The van der Waals surface area contributed by atoms with E-state index < -0.39 is 6.04 Å². The molecule has 0 aromatic heterocycles. The second-order valence-electron chi connectivity index (χ2n) is 6.88. The van der Waals surface area contributed by atoms with Crippen LogP contribution in [0.2, 0.25) is 0 Å². The summed E-state index contributed by atoms with van der Waals surface area (Å²) in [5, 5.41) is 5.42. The average Bonchev–Trinajstić information content (AvgIpc) is 3.22. The van der Waals surface area contributed by atoms with E-state index in [9.17, 15) is 14.4 Å². The molecule has 0 spiro atoms. The predicted molar refractivity (Wildman–Crippen MR) is 107 cm³/mol. The quantitative estimate of drug-likeness (QED) is 0.686. The molecule has 1 aliphatic rings. The summed E-state index contributed by atoms with van der Waals surface area (Å²) in [5.41, 5.74) is 3.47. The van der Waals surface area contributed by atoms with Crippen molar-refractivity contribution in [3.05, 3.63) is 60.2 Å². The zero-order valence-corrected chi connectivity index (χ0v) is 15.8. The molecule has 0 aliphatic carbocycles. The summed E-state index contributed by atoms with van der Waals surface area (Å²) in [4.78, 5) is 36.4. The molecule has 1 unspecified atom stereocenters. The van der Waals surface area contributed by atoms with Crippen LogP contribution in [0.4, 0.5) is 0 Å². The van der Waals surface area contributed by atoms with Gasteiger partial charge in [-0.15, -0.1) is 0 Å². The Morgan fingerprint density at radius 1 is 1.00 bits per heavy atom. The fraction of sp³-hybridized carbons (Fsp3) is 0.318. The first-order chi connectivity index (χ1) is 13.7. The lowest BCUT2D eigenvalue weighted by molar-refractivity contribution is -0.132. The molecule has 2 aromatic carbocycles. The van der Waals surface area contributed by atoms with Gasteiger partial charge in [-0.25, -0.2) is 0 Å². The van der Waals surface area contributed by atoms with E-state index in [2.05, 4.69) is 47.0 Å². The van der Waals surface area contributed by atoms with E-state index in [1.807, 2.05) is 18.2 Å². The van der Waals surface area contributed by atoms with Crippen molar-refractivity contribution in [2.75, 3.05) is 19.6 Å². The van der Waals surface area contributed by atoms with Gasteiger partial charge < -0.3 is 15.5 Å². The fourth-order valence-electron chi connectivity index (χ4n) is 3.39. The van der Waals surface area contributed by atoms with E-state index in [4.69, 9.17) is 0 Å². The molecule has 0 bridgehead atoms. The molecule has 1 heterocycles. The van der Waals surface area contributed by atoms with Gasteiger partial charge in [0.2, 0.25) is 18.2 Å². The number of nitrogens with one attached hydrogen (secondary N) is 2. The third-order valence-electron chi connectivity index (χ3n) is 4.95. The van der Waals surface area contributed by atoms with Crippen LogP contribution in [0.3, 0.4) is 0 Å². The molecular weight excluding hydrogens is 354 g/mol. The van der Waals surface area contributed by atoms with Gasteiger partial charge in [-0.2, -0.15) is 0 Å². The van der Waals surface area contributed by atoms with E-state index in [1.54, 1.807) is 0 Å². The molecule has 1 saturated heterocycles. The molecule has 0 saturated carbocycles. The van der Waals surface area contributed by atoms with Gasteiger partial charge in [-0.3, -0.25) is 14.4 Å². The highest BCUT2D eigenvalue weighted by atomic mass is 16.2. The molecule has 146 valence electrons. The number of likely N-dealkylation sites (tertiary alicyclic amines) is 1. The monoisotopic (exact) mass is 379 g/mol. The Labute approximate surface area is 164 Å². The normalized spacial score (nSPS) is 15.9. The summed E-state index contributed by atoms with van der Waals surface area (Å²) >= 11 is 0. The van der Waals surface area contributed by atoms with E-state index in [-0.39, 0.29) is 18.4 Å². The first-order valence-electron chi connectivity index (χ1n) is 9.57. The SMILES string of the molecule is O=CN1CCCC1C(=O)NCC(=O)NCCc1ccc(-c2ccccc2)cc1. The zero-order chi connectivity index (χ0) is 19.8. The van der Waals surface area contributed by atoms with Crippen LogP contribution < -0.4 is 10.6 Å². The van der Waals surface area contributed by atoms with E-state index in [0.717, 1.165) is 24.0 Å². The Hall–Kier alpha value is -3.15. The minimum atomic E-state index is -0.451. The molecule has 6 nitrogen and oxygen atoms in total. The summed E-state index contributed by atoms with van der Waals surface area (Å²) in [5.74, 6) is -0.499. The Balaban J connectivity index is 1.38. The molecule has 6 heteroatoms. The lowest BCUT2D eigenvalue weighted by Crippen LogP contribution is -2.46. The van der Waals surface area contributed by atoms with Gasteiger partial charge in [0.1, 0.15) is 6.04 Å². The molecule has 1 fully saturated rings. The number of carbonyl (C=O) groups excluding carboxylic acids is 3. The summed E-state index contributed by atoms with van der Waals surface area (Å²) in [7, 11) is 0. The largest absolute Gasteiger partial charge is 0.354 e. The highest BCUT2D eigenvalue weighted by Gasteiger charge is 2.29. The van der Waals surface area contributed by atoms with Gasteiger partial charge in [0.15, 0.2) is 0 Å². The number of nitrogens with zero attached hydrogens (tertiary/aromatic N) is 1. The maximum absolute atomic E-state index is 12.1. The predicted octanol–water partition coefficient (Wildman–Crippen LogP) is 1.75. The maximum atomic E-state index is 12.1. The molecule has 1 aliphatic heterocycles. The van der Waals surface area contributed by atoms with Crippen molar-refractivity contribution >= 4 is 18.2 Å². The summed E-state index contributed by atoms with van der Waals surface area (Å²) in [6.07, 6.45) is 2.87. The number of benzene rings is 2. The average molecular weight is 379 g/mol. The minimum Gasteiger partial charge on any atom is -0.354 e. The highest BCUT2D eigenvalue weighted by molar-refractivity contribution is 5.88. The van der Waals surface area contributed by atoms with E-state index >= 15 is 0 Å². The van der Waals surface area contributed by atoms with Gasteiger partial charge in [0.25, 0.3) is 0 Å². The third-order valence-corrected chi connectivity index (χ3v) is 4.95. The van der Waals surface area contributed by atoms with Gasteiger partial charge >= 0.3 is 0 Å². The summed E-state index contributed by atoms with van der Waals surface area (Å²) in [6.45, 7) is 1.02. The first kappa shape index (κ1) is 19.6. The highest BCUT2D eigenvalue weighted by Crippen LogP contribution is 2.19. The number of hydrogen-bond donors (Lipinski definition) is 2. The molecule has 2 aromatic rings. The minimum absolute atomic E-state index is 0.0744. The Bertz CT molecular complexity index is 806. The fourth-order valence-corrected chi connectivity index (χ4v) is 3.39. The van der Waals surface area contributed by atoms with Crippen molar-refractivity contribution in [2.45, 2.75) is 25.3 Å². The van der Waals surface area contributed by atoms with Gasteiger partial charge in [-0.1, -0.05) is 54.6 Å². The summed E-state index contributed by atoms with van der Waals surface area (Å²) < 4.78 is 0. The second-order valence-corrected chi connectivity index (χ2v) is 6.88. The molecular formula is C22H25N3O3. The van der Waals surface area contributed by atoms with Crippen LogP contribution in [-0.4, -0.2) is 48.8 Å². The Kier molecular flexibility index (Phi) is 6.78. The Morgan fingerprint density at radius 2 is 1.71 bits per heavy atom. The van der Waals surface area contributed by atoms with Crippen molar-refractivity contribution in [3.8, 4) is 11.1 Å². The number of rotatable bonds is 8. The van der Waals surface area contributed by atoms with Crippen molar-refractivity contribution in [1.29, 1.82) is 0 Å². The van der Waals surface area contributed by atoms with Crippen molar-refractivity contribution in [1.82, 2.24) is 15.5 Å². The van der Waals surface area contributed by atoms with Crippen LogP contribution in [0, 0.1) is 0 Å². The third kappa shape index (κ3) is 5.19. The van der Waals surface area contributed by atoms with E-state index in [1.165, 1.54) is 10.5 Å². The van der Waals surface area contributed by atoms with Crippen LogP contribution >= 0.6 is 0 Å². The number of hydrogen-bond acceptors (Lipinski definition) is 3. The smallest absolute Gasteiger partial charge is 0.243 e. The van der Waals surface area contributed by atoms with Gasteiger partial charge in [-0.05, 0) is 36.0 Å². The zero-order valence-electron chi connectivity index (χ0n) is 15.8. The molecule has 1 atom stereocenters. The number of amides is 3. The molecule has 3 amide bonds. The lowest BCUT2D eigenvalue weighted by Gasteiger charge is -2.18. The van der Waals surface area contributed by atoms with Crippen LogP contribution in [0.25, 0.3) is 11.1 Å². The molecule has 28 heavy (non-hydrogen) atoms. The molecule has 3 rings (SSSR count). The van der Waals surface area contributed by atoms with Crippen LogP contribution in [0.5, 0.6) is 0 Å². The lowest BCUT2D eigenvalue weighted by atomic mass is 10.0. The standard InChI is InChI=1S/C22H25N3O3/c26-16-25-14-4-7-20(25)22(28)24-15-21(27)23-13-12-17-8-10-19(11-9-17)18-5-2-1-3-6-18/h1-3,5-6,8-11,16,20H,4,7,12-15H2,(H,23,27)(H,24,28). The first-order valence-corrected chi connectivity index (χ1v) is 9.57. The second kappa shape index (κ2) is 9.69. The van der Waals surface area contributed by atoms with Crippen molar-refractivity contribution in [3.63, 3.8) is 0 Å². The Morgan fingerprint density at radius 3 is 2.43 bits per heavy atom. The maximum Gasteiger partial charge on any atom is 0.243 e. The van der Waals surface area contributed by atoms with Crippen molar-refractivity contribution < 1.29 is 14.4 Å². The van der Waals surface area contributed by atoms with Crippen LogP contribution in [0.1, 0.15) is 18.4 Å². The molecule has 0 radical (unpaired) electrons. The van der Waals surface area contributed by atoms with E-state index in [0.29, 0.717) is 25.9 Å². The van der Waals surface area contributed by atoms with Gasteiger partial charge in [0, 0.05) is 13.1 Å².